The molecule has 1 heterocycles. The van der Waals surface area contributed by atoms with E-state index in [1.54, 1.807) is 0 Å². The van der Waals surface area contributed by atoms with Crippen molar-refractivity contribution >= 4 is 0 Å². The SMILES string of the molecule is CNC(CN1CCC(C)CC1)c1ccccc1C. The van der Waals surface area contributed by atoms with Crippen LogP contribution in [0, 0.1) is 12.8 Å². The molecule has 1 unspecified atom stereocenters. The number of nitrogens with one attached hydrogen (secondary N) is 1. The van der Waals surface area contributed by atoms with Gasteiger partial charge in [-0.15, -0.1) is 0 Å². The average Bonchev–Trinajstić information content (AvgIpc) is 2.39. The summed E-state index contributed by atoms with van der Waals surface area (Å²) in [6, 6.07) is 9.18. The van der Waals surface area contributed by atoms with Crippen molar-refractivity contribution in [2.75, 3.05) is 26.7 Å². The van der Waals surface area contributed by atoms with Crippen LogP contribution in [0.1, 0.15) is 36.9 Å². The number of aryl methyl sites for hydroxylation is 1. The Labute approximate surface area is 111 Å². The van der Waals surface area contributed by atoms with Crippen molar-refractivity contribution in [3.63, 3.8) is 0 Å². The molecular weight excluding hydrogens is 220 g/mol. The monoisotopic (exact) mass is 246 g/mol. The highest BCUT2D eigenvalue weighted by molar-refractivity contribution is 5.28. The zero-order valence-electron chi connectivity index (χ0n) is 11.9. The van der Waals surface area contributed by atoms with E-state index in [2.05, 4.69) is 55.4 Å². The van der Waals surface area contributed by atoms with Crippen molar-refractivity contribution in [3.8, 4) is 0 Å². The Hall–Kier alpha value is -0.860. The molecule has 1 N–H and O–H groups in total. The van der Waals surface area contributed by atoms with Gasteiger partial charge in [0.05, 0.1) is 0 Å². The molecule has 2 heteroatoms. The van der Waals surface area contributed by atoms with Gasteiger partial charge in [0.25, 0.3) is 0 Å². The Balaban J connectivity index is 1.99. The first-order chi connectivity index (χ1) is 8.70. The lowest BCUT2D eigenvalue weighted by molar-refractivity contribution is 0.177. The number of hydrogen-bond donors (Lipinski definition) is 1. The molecule has 0 amide bonds. The summed E-state index contributed by atoms with van der Waals surface area (Å²) in [5, 5.41) is 3.48. The molecule has 1 aromatic carbocycles. The lowest BCUT2D eigenvalue weighted by Crippen LogP contribution is -2.39. The highest BCUT2D eigenvalue weighted by Gasteiger charge is 2.20. The van der Waals surface area contributed by atoms with Gasteiger partial charge in [-0.05, 0) is 56.9 Å². The normalized spacial score (nSPS) is 19.9. The first-order valence-corrected chi connectivity index (χ1v) is 7.16. The Morgan fingerprint density at radius 3 is 2.56 bits per heavy atom. The van der Waals surface area contributed by atoms with E-state index in [4.69, 9.17) is 0 Å². The topological polar surface area (TPSA) is 15.3 Å². The second-order valence-corrected chi connectivity index (χ2v) is 5.68. The second-order valence-electron chi connectivity index (χ2n) is 5.68. The van der Waals surface area contributed by atoms with E-state index < -0.39 is 0 Å². The molecule has 1 aliphatic rings. The summed E-state index contributed by atoms with van der Waals surface area (Å²) >= 11 is 0. The molecule has 18 heavy (non-hydrogen) atoms. The molecule has 1 fully saturated rings. The van der Waals surface area contributed by atoms with E-state index in [9.17, 15) is 0 Å². The summed E-state index contributed by atoms with van der Waals surface area (Å²) in [5.41, 5.74) is 2.83. The molecule has 1 aromatic rings. The van der Waals surface area contributed by atoms with Gasteiger partial charge in [0.2, 0.25) is 0 Å². The summed E-state index contributed by atoms with van der Waals surface area (Å²) in [5.74, 6) is 0.910. The molecule has 0 bridgehead atoms. The molecule has 0 radical (unpaired) electrons. The third-order valence-corrected chi connectivity index (χ3v) is 4.23. The maximum Gasteiger partial charge on any atom is 0.0449 e. The van der Waals surface area contributed by atoms with Crippen molar-refractivity contribution in [3.05, 3.63) is 35.4 Å². The van der Waals surface area contributed by atoms with Gasteiger partial charge < -0.3 is 10.2 Å². The number of likely N-dealkylation sites (N-methyl/N-ethyl adjacent to an activating group) is 1. The number of benzene rings is 1. The molecule has 100 valence electrons. The molecule has 0 aromatic heterocycles. The van der Waals surface area contributed by atoms with E-state index in [1.165, 1.54) is 37.1 Å². The Morgan fingerprint density at radius 2 is 1.94 bits per heavy atom. The van der Waals surface area contributed by atoms with E-state index in [-0.39, 0.29) is 0 Å². The third kappa shape index (κ3) is 3.33. The van der Waals surface area contributed by atoms with Crippen LogP contribution >= 0.6 is 0 Å². The Morgan fingerprint density at radius 1 is 1.28 bits per heavy atom. The number of piperidine rings is 1. The molecule has 1 aliphatic heterocycles. The summed E-state index contributed by atoms with van der Waals surface area (Å²) in [6.07, 6.45) is 2.70. The van der Waals surface area contributed by atoms with Crippen molar-refractivity contribution in [1.29, 1.82) is 0 Å². The predicted octanol–water partition coefficient (Wildman–Crippen LogP) is 2.99. The molecule has 0 spiro atoms. The minimum Gasteiger partial charge on any atom is -0.312 e. The first-order valence-electron chi connectivity index (χ1n) is 7.16. The maximum absolute atomic E-state index is 3.48. The first kappa shape index (κ1) is 13.6. The summed E-state index contributed by atoms with van der Waals surface area (Å²) < 4.78 is 0. The van der Waals surface area contributed by atoms with E-state index in [0.717, 1.165) is 12.5 Å². The second kappa shape index (κ2) is 6.35. The van der Waals surface area contributed by atoms with E-state index in [1.807, 2.05) is 0 Å². The van der Waals surface area contributed by atoms with E-state index in [0.29, 0.717) is 6.04 Å². The highest BCUT2D eigenvalue weighted by atomic mass is 15.1. The van der Waals surface area contributed by atoms with Crippen molar-refractivity contribution in [2.45, 2.75) is 32.7 Å². The average molecular weight is 246 g/mol. The van der Waals surface area contributed by atoms with Gasteiger partial charge in [0, 0.05) is 12.6 Å². The molecule has 2 nitrogen and oxygen atoms in total. The maximum atomic E-state index is 3.48. The molecular formula is C16H26N2. The van der Waals surface area contributed by atoms with Gasteiger partial charge in [0.1, 0.15) is 0 Å². The highest BCUT2D eigenvalue weighted by Crippen LogP contribution is 2.22. The van der Waals surface area contributed by atoms with Crippen LogP contribution in [0.5, 0.6) is 0 Å². The van der Waals surface area contributed by atoms with Crippen LogP contribution in [0.4, 0.5) is 0 Å². The van der Waals surface area contributed by atoms with Crippen molar-refractivity contribution in [1.82, 2.24) is 10.2 Å². The zero-order chi connectivity index (χ0) is 13.0. The fourth-order valence-corrected chi connectivity index (χ4v) is 2.83. The molecule has 0 aliphatic carbocycles. The molecule has 2 rings (SSSR count). The van der Waals surface area contributed by atoms with Crippen molar-refractivity contribution < 1.29 is 0 Å². The number of rotatable bonds is 4. The van der Waals surface area contributed by atoms with Gasteiger partial charge in [-0.1, -0.05) is 31.2 Å². The fourth-order valence-electron chi connectivity index (χ4n) is 2.83. The smallest absolute Gasteiger partial charge is 0.0449 e. The van der Waals surface area contributed by atoms with Gasteiger partial charge >= 0.3 is 0 Å². The van der Waals surface area contributed by atoms with E-state index >= 15 is 0 Å². The third-order valence-electron chi connectivity index (χ3n) is 4.23. The number of likely N-dealkylation sites (tertiary alicyclic amines) is 1. The van der Waals surface area contributed by atoms with Gasteiger partial charge in [-0.25, -0.2) is 0 Å². The zero-order valence-corrected chi connectivity index (χ0v) is 11.9. The molecule has 1 saturated heterocycles. The van der Waals surface area contributed by atoms with Crippen LogP contribution in [-0.4, -0.2) is 31.6 Å². The minimum absolute atomic E-state index is 0.458. The van der Waals surface area contributed by atoms with Gasteiger partial charge in [0.15, 0.2) is 0 Å². The summed E-state index contributed by atoms with van der Waals surface area (Å²) in [7, 11) is 2.07. The predicted molar refractivity (Wildman–Crippen MR) is 77.8 cm³/mol. The van der Waals surface area contributed by atoms with Gasteiger partial charge in [-0.2, -0.15) is 0 Å². The number of hydrogen-bond acceptors (Lipinski definition) is 2. The largest absolute Gasteiger partial charge is 0.312 e. The Bertz CT molecular complexity index is 367. The summed E-state index contributed by atoms with van der Waals surface area (Å²) in [6.45, 7) is 8.22. The van der Waals surface area contributed by atoms with Crippen molar-refractivity contribution in [2.24, 2.45) is 5.92 Å². The standard InChI is InChI=1S/C16H26N2/c1-13-8-10-18(11-9-13)12-16(17-3)15-7-5-4-6-14(15)2/h4-7,13,16-17H,8-12H2,1-3H3. The lowest BCUT2D eigenvalue weighted by Gasteiger charge is -2.33. The molecule has 1 atom stereocenters. The number of nitrogens with zero attached hydrogens (tertiary/aromatic N) is 1. The van der Waals surface area contributed by atoms with Gasteiger partial charge in [-0.3, -0.25) is 0 Å². The van der Waals surface area contributed by atoms with Crippen LogP contribution in [0.2, 0.25) is 0 Å². The molecule has 0 saturated carbocycles. The van der Waals surface area contributed by atoms with Crippen LogP contribution in [0.25, 0.3) is 0 Å². The van der Waals surface area contributed by atoms with Crippen LogP contribution in [-0.2, 0) is 0 Å². The lowest BCUT2D eigenvalue weighted by atomic mass is 9.97. The van der Waals surface area contributed by atoms with Crippen LogP contribution in [0.3, 0.4) is 0 Å². The summed E-state index contributed by atoms with van der Waals surface area (Å²) in [4.78, 5) is 2.60. The Kier molecular flexibility index (Phi) is 4.79. The van der Waals surface area contributed by atoms with Crippen LogP contribution in [0.15, 0.2) is 24.3 Å². The fraction of sp³-hybridized carbons (Fsp3) is 0.625. The quantitative estimate of drug-likeness (QED) is 0.878. The minimum atomic E-state index is 0.458. The van der Waals surface area contributed by atoms with Crippen LogP contribution < -0.4 is 5.32 Å².